The lowest BCUT2D eigenvalue weighted by Crippen LogP contribution is -2.22. The maximum atomic E-state index is 10.9. The maximum absolute atomic E-state index is 10.9. The average Bonchev–Trinajstić information content (AvgIpc) is 2.17. The van der Waals surface area contributed by atoms with Gasteiger partial charge in [0.15, 0.2) is 0 Å². The molecule has 1 rings (SSSR count). The molecule has 0 amide bonds. The first-order valence-electron chi connectivity index (χ1n) is 4.40. The van der Waals surface area contributed by atoms with E-state index in [1.54, 1.807) is 6.07 Å². The molecule has 0 aliphatic rings. The van der Waals surface area contributed by atoms with Crippen molar-refractivity contribution in [3.8, 4) is 0 Å². The molecule has 14 heavy (non-hydrogen) atoms. The molecule has 1 heterocycles. The predicted octanol–water partition coefficient (Wildman–Crippen LogP) is -0.882. The Bertz CT molecular complexity index is 337. The molecule has 78 valence electrons. The molecular weight excluding hydrogens is 184 g/mol. The van der Waals surface area contributed by atoms with Crippen LogP contribution in [0.3, 0.4) is 0 Å². The van der Waals surface area contributed by atoms with Crippen molar-refractivity contribution in [1.82, 2.24) is 4.98 Å². The zero-order chi connectivity index (χ0) is 10.6. The Balaban J connectivity index is 2.78. The van der Waals surface area contributed by atoms with E-state index in [9.17, 15) is 15.0 Å². The molecule has 0 spiro atoms. The number of aliphatic hydroxyl groups excluding tert-OH is 2. The van der Waals surface area contributed by atoms with Gasteiger partial charge in [-0.25, -0.2) is 0 Å². The number of nitrogens with one attached hydrogen (secondary N) is 1. The van der Waals surface area contributed by atoms with Gasteiger partial charge in [0, 0.05) is 12.3 Å². The van der Waals surface area contributed by atoms with Crippen LogP contribution in [-0.4, -0.2) is 27.8 Å². The summed E-state index contributed by atoms with van der Waals surface area (Å²) in [6, 6.07) is 2.80. The third kappa shape index (κ3) is 2.66. The summed E-state index contributed by atoms with van der Waals surface area (Å²) in [6.45, 7) is 0.293. The predicted molar refractivity (Wildman–Crippen MR) is 51.7 cm³/mol. The number of aromatic amines is 1. The van der Waals surface area contributed by atoms with Crippen molar-refractivity contribution in [1.29, 1.82) is 0 Å². The Morgan fingerprint density at radius 1 is 1.50 bits per heavy atom. The fourth-order valence-electron chi connectivity index (χ4n) is 1.20. The molecule has 0 saturated carbocycles. The summed E-state index contributed by atoms with van der Waals surface area (Å²) in [7, 11) is 0. The molecule has 0 aliphatic carbocycles. The molecule has 1 aromatic rings. The highest BCUT2D eigenvalue weighted by Crippen LogP contribution is 2.16. The van der Waals surface area contributed by atoms with Gasteiger partial charge in [-0.2, -0.15) is 0 Å². The minimum Gasteiger partial charge on any atom is -0.390 e. The average molecular weight is 198 g/mol. The molecule has 5 nitrogen and oxygen atoms in total. The highest BCUT2D eigenvalue weighted by molar-refractivity contribution is 5.14. The zero-order valence-corrected chi connectivity index (χ0v) is 7.68. The van der Waals surface area contributed by atoms with Crippen molar-refractivity contribution in [3.63, 3.8) is 0 Å². The standard InChI is InChI=1S/C9H14N2O3/c10-3-1-7(12)9(14)6-2-4-11-8(13)5-6/h2,4-5,7,9,12,14H,1,3,10H2,(H,11,13). The summed E-state index contributed by atoms with van der Waals surface area (Å²) >= 11 is 0. The third-order valence-corrected chi connectivity index (χ3v) is 1.97. The van der Waals surface area contributed by atoms with Crippen LogP contribution in [-0.2, 0) is 0 Å². The van der Waals surface area contributed by atoms with E-state index in [2.05, 4.69) is 4.98 Å². The molecule has 0 aliphatic heterocycles. The molecule has 0 bridgehead atoms. The highest BCUT2D eigenvalue weighted by atomic mass is 16.3. The SMILES string of the molecule is NCCC(O)C(O)c1cc[nH]c(=O)c1. The third-order valence-electron chi connectivity index (χ3n) is 1.97. The number of rotatable bonds is 4. The summed E-state index contributed by atoms with van der Waals surface area (Å²) < 4.78 is 0. The summed E-state index contributed by atoms with van der Waals surface area (Å²) in [5.74, 6) is 0. The zero-order valence-electron chi connectivity index (χ0n) is 7.68. The van der Waals surface area contributed by atoms with Crippen LogP contribution in [0.4, 0.5) is 0 Å². The van der Waals surface area contributed by atoms with Gasteiger partial charge < -0.3 is 20.9 Å². The van der Waals surface area contributed by atoms with Gasteiger partial charge in [-0.15, -0.1) is 0 Å². The largest absolute Gasteiger partial charge is 0.390 e. The van der Waals surface area contributed by atoms with E-state index in [1.165, 1.54) is 12.3 Å². The number of aromatic nitrogens is 1. The van der Waals surface area contributed by atoms with Gasteiger partial charge in [0.25, 0.3) is 0 Å². The van der Waals surface area contributed by atoms with Gasteiger partial charge in [0.1, 0.15) is 6.10 Å². The number of hydrogen-bond acceptors (Lipinski definition) is 4. The molecule has 0 radical (unpaired) electrons. The van der Waals surface area contributed by atoms with E-state index in [1.807, 2.05) is 0 Å². The van der Waals surface area contributed by atoms with Gasteiger partial charge in [0.2, 0.25) is 5.56 Å². The minimum atomic E-state index is -1.05. The van der Waals surface area contributed by atoms with Crippen molar-refractivity contribution in [2.75, 3.05) is 6.54 Å². The molecule has 5 heteroatoms. The molecular formula is C9H14N2O3. The molecule has 0 saturated heterocycles. The summed E-state index contributed by atoms with van der Waals surface area (Å²) in [4.78, 5) is 13.3. The second-order valence-electron chi connectivity index (χ2n) is 3.08. The Morgan fingerprint density at radius 3 is 2.79 bits per heavy atom. The fraction of sp³-hybridized carbons (Fsp3) is 0.444. The van der Waals surface area contributed by atoms with Crippen LogP contribution in [0.25, 0.3) is 0 Å². The highest BCUT2D eigenvalue weighted by Gasteiger charge is 2.17. The topological polar surface area (TPSA) is 99.3 Å². The van der Waals surface area contributed by atoms with Crippen LogP contribution >= 0.6 is 0 Å². The monoisotopic (exact) mass is 198 g/mol. The Labute approximate surface area is 81.2 Å². The normalized spacial score (nSPS) is 15.1. The summed E-state index contributed by atoms with van der Waals surface area (Å²) in [5, 5.41) is 19.0. The van der Waals surface area contributed by atoms with Crippen molar-refractivity contribution >= 4 is 0 Å². The number of aliphatic hydroxyl groups is 2. The number of nitrogens with two attached hydrogens (primary N) is 1. The number of H-pyrrole nitrogens is 1. The van der Waals surface area contributed by atoms with Crippen molar-refractivity contribution < 1.29 is 10.2 Å². The summed E-state index contributed by atoms with van der Waals surface area (Å²) in [6.07, 6.45) is -0.257. The van der Waals surface area contributed by atoms with Crippen molar-refractivity contribution in [2.24, 2.45) is 5.73 Å². The van der Waals surface area contributed by atoms with Crippen LogP contribution in [0.5, 0.6) is 0 Å². The van der Waals surface area contributed by atoms with Crippen LogP contribution in [0.2, 0.25) is 0 Å². The molecule has 1 aromatic heterocycles. The second kappa shape index (κ2) is 4.90. The molecule has 0 fully saturated rings. The van der Waals surface area contributed by atoms with E-state index >= 15 is 0 Å². The van der Waals surface area contributed by atoms with Crippen LogP contribution < -0.4 is 11.3 Å². The smallest absolute Gasteiger partial charge is 0.248 e. The lowest BCUT2D eigenvalue weighted by Gasteiger charge is -2.16. The van der Waals surface area contributed by atoms with Gasteiger partial charge in [-0.05, 0) is 24.6 Å². The molecule has 5 N–H and O–H groups in total. The second-order valence-corrected chi connectivity index (χ2v) is 3.08. The lowest BCUT2D eigenvalue weighted by atomic mass is 10.0. The molecule has 0 aromatic carbocycles. The quantitative estimate of drug-likeness (QED) is 0.504. The molecule has 2 unspecified atom stereocenters. The van der Waals surface area contributed by atoms with E-state index in [0.29, 0.717) is 18.5 Å². The fourth-order valence-corrected chi connectivity index (χ4v) is 1.20. The minimum absolute atomic E-state index is 0.293. The van der Waals surface area contributed by atoms with E-state index < -0.39 is 12.2 Å². The first-order valence-corrected chi connectivity index (χ1v) is 4.40. The van der Waals surface area contributed by atoms with E-state index in [0.717, 1.165) is 0 Å². The van der Waals surface area contributed by atoms with Gasteiger partial charge in [-0.3, -0.25) is 4.79 Å². The first kappa shape index (κ1) is 10.9. The summed E-state index contributed by atoms with van der Waals surface area (Å²) in [5.41, 5.74) is 5.33. The number of hydrogen-bond donors (Lipinski definition) is 4. The Kier molecular flexibility index (Phi) is 3.82. The van der Waals surface area contributed by atoms with Gasteiger partial charge >= 0.3 is 0 Å². The van der Waals surface area contributed by atoms with E-state index in [-0.39, 0.29) is 5.56 Å². The van der Waals surface area contributed by atoms with Crippen LogP contribution in [0.15, 0.2) is 23.1 Å². The van der Waals surface area contributed by atoms with Crippen LogP contribution in [0.1, 0.15) is 18.1 Å². The lowest BCUT2D eigenvalue weighted by molar-refractivity contribution is 0.0149. The van der Waals surface area contributed by atoms with Crippen molar-refractivity contribution in [2.45, 2.75) is 18.6 Å². The van der Waals surface area contributed by atoms with Gasteiger partial charge in [-0.1, -0.05) is 0 Å². The Hall–Kier alpha value is -1.17. The van der Waals surface area contributed by atoms with Gasteiger partial charge in [0.05, 0.1) is 6.10 Å². The van der Waals surface area contributed by atoms with E-state index in [4.69, 9.17) is 5.73 Å². The number of pyridine rings is 1. The first-order chi connectivity index (χ1) is 6.65. The van der Waals surface area contributed by atoms with Crippen molar-refractivity contribution in [3.05, 3.63) is 34.2 Å². The molecule has 2 atom stereocenters. The van der Waals surface area contributed by atoms with Crippen LogP contribution in [0, 0.1) is 0 Å². The Morgan fingerprint density at radius 2 is 2.21 bits per heavy atom. The maximum Gasteiger partial charge on any atom is 0.248 e.